The summed E-state index contributed by atoms with van der Waals surface area (Å²) < 4.78 is 23.8. The summed E-state index contributed by atoms with van der Waals surface area (Å²) in [5.74, 6) is 3.00. The standard InChI is InChI=1S/C27H36O6/c1-16(2)11-12-31-23-14-17(3)13-19-15-32-27(29)24-22(33-25(19)23)10-8-20(26(24)30-4)21(28)9-7-18-5-6-18/h8,10,14,16-18,21,28H,5-7,9,11-13,15H2,1-4H3. The van der Waals surface area contributed by atoms with Crippen molar-refractivity contribution >= 4 is 5.97 Å². The quantitative estimate of drug-likeness (QED) is 0.480. The number of esters is 1. The molecule has 0 amide bonds. The van der Waals surface area contributed by atoms with E-state index in [0.717, 1.165) is 24.8 Å². The average Bonchev–Trinajstić information content (AvgIpc) is 3.60. The Kier molecular flexibility index (Phi) is 7.32. The molecule has 1 aromatic rings. The minimum Gasteiger partial charge on any atom is -0.495 e. The number of ether oxygens (including phenoxy) is 4. The number of cyclic esters (lactones) is 1. The van der Waals surface area contributed by atoms with Crippen molar-refractivity contribution < 1.29 is 28.8 Å². The van der Waals surface area contributed by atoms with Crippen LogP contribution in [0.4, 0.5) is 0 Å². The van der Waals surface area contributed by atoms with E-state index < -0.39 is 12.1 Å². The molecular formula is C27H36O6. The van der Waals surface area contributed by atoms with E-state index in [4.69, 9.17) is 18.9 Å². The number of allylic oxidation sites excluding steroid dienone is 1. The molecule has 2 atom stereocenters. The maximum Gasteiger partial charge on any atom is 0.346 e. The Balaban J connectivity index is 1.64. The number of methoxy groups -OCH3 is 1. The fourth-order valence-electron chi connectivity index (χ4n) is 4.45. The Labute approximate surface area is 196 Å². The highest BCUT2D eigenvalue weighted by Gasteiger charge is 2.33. The van der Waals surface area contributed by atoms with Gasteiger partial charge in [0, 0.05) is 11.1 Å². The lowest BCUT2D eigenvalue weighted by atomic mass is 9.93. The van der Waals surface area contributed by atoms with Crippen LogP contribution in [0.15, 0.2) is 35.3 Å². The molecule has 1 saturated carbocycles. The van der Waals surface area contributed by atoms with Crippen molar-refractivity contribution in [2.24, 2.45) is 17.8 Å². The van der Waals surface area contributed by atoms with Crippen LogP contribution in [-0.4, -0.2) is 31.4 Å². The molecule has 0 bridgehead atoms. The Morgan fingerprint density at radius 2 is 2.00 bits per heavy atom. The highest BCUT2D eigenvalue weighted by atomic mass is 16.6. The molecule has 6 nitrogen and oxygen atoms in total. The van der Waals surface area contributed by atoms with E-state index in [1.807, 2.05) is 0 Å². The van der Waals surface area contributed by atoms with Crippen molar-refractivity contribution in [2.75, 3.05) is 20.3 Å². The van der Waals surface area contributed by atoms with Crippen LogP contribution in [0.3, 0.4) is 0 Å². The smallest absolute Gasteiger partial charge is 0.346 e. The Hall–Kier alpha value is -2.47. The average molecular weight is 457 g/mol. The molecule has 4 rings (SSSR count). The maximum absolute atomic E-state index is 13.0. The highest BCUT2D eigenvalue weighted by Crippen LogP contribution is 2.43. The molecule has 0 aromatic heterocycles. The maximum atomic E-state index is 13.0. The van der Waals surface area contributed by atoms with Gasteiger partial charge in [-0.05, 0) is 61.6 Å². The minimum absolute atomic E-state index is 0.139. The number of benzene rings is 1. The van der Waals surface area contributed by atoms with Gasteiger partial charge in [0.15, 0.2) is 11.5 Å². The molecule has 1 heterocycles. The van der Waals surface area contributed by atoms with Crippen LogP contribution in [0.2, 0.25) is 0 Å². The third-order valence-electron chi connectivity index (χ3n) is 6.55. The zero-order valence-electron chi connectivity index (χ0n) is 20.2. The Morgan fingerprint density at radius 3 is 2.70 bits per heavy atom. The Morgan fingerprint density at radius 1 is 1.21 bits per heavy atom. The first-order valence-corrected chi connectivity index (χ1v) is 12.2. The van der Waals surface area contributed by atoms with Crippen LogP contribution in [-0.2, 0) is 9.47 Å². The number of aliphatic hydroxyl groups is 1. The lowest BCUT2D eigenvalue weighted by Gasteiger charge is -2.28. The minimum atomic E-state index is -0.704. The van der Waals surface area contributed by atoms with E-state index in [1.165, 1.54) is 20.0 Å². The monoisotopic (exact) mass is 456 g/mol. The first-order chi connectivity index (χ1) is 15.9. The molecule has 3 aliphatic rings. The lowest BCUT2D eigenvalue weighted by Crippen LogP contribution is -2.23. The van der Waals surface area contributed by atoms with Gasteiger partial charge in [-0.25, -0.2) is 4.79 Å². The van der Waals surface area contributed by atoms with Gasteiger partial charge >= 0.3 is 5.97 Å². The van der Waals surface area contributed by atoms with Gasteiger partial charge < -0.3 is 24.1 Å². The Bertz CT molecular complexity index is 940. The van der Waals surface area contributed by atoms with Crippen molar-refractivity contribution in [3.63, 3.8) is 0 Å². The van der Waals surface area contributed by atoms with Gasteiger partial charge in [0.2, 0.25) is 0 Å². The predicted molar refractivity (Wildman–Crippen MR) is 125 cm³/mol. The molecule has 6 heteroatoms. The molecule has 2 aliphatic carbocycles. The number of hydrogen-bond acceptors (Lipinski definition) is 6. The second-order valence-electron chi connectivity index (χ2n) is 9.95. The molecule has 0 spiro atoms. The van der Waals surface area contributed by atoms with Crippen LogP contribution in [0.5, 0.6) is 11.5 Å². The fraction of sp³-hybridized carbons (Fsp3) is 0.593. The molecule has 180 valence electrons. The fourth-order valence-corrected chi connectivity index (χ4v) is 4.45. The van der Waals surface area contributed by atoms with E-state index >= 15 is 0 Å². The molecule has 2 unspecified atom stereocenters. The molecule has 33 heavy (non-hydrogen) atoms. The van der Waals surface area contributed by atoms with Crippen molar-refractivity contribution in [1.82, 2.24) is 0 Å². The van der Waals surface area contributed by atoms with E-state index in [0.29, 0.717) is 53.4 Å². The van der Waals surface area contributed by atoms with Crippen molar-refractivity contribution in [3.05, 3.63) is 46.4 Å². The summed E-state index contributed by atoms with van der Waals surface area (Å²) in [4.78, 5) is 13.0. The number of carbonyl (C=O) groups excluding carboxylic acids is 1. The second kappa shape index (κ2) is 10.2. The van der Waals surface area contributed by atoms with Gasteiger partial charge in [-0.15, -0.1) is 0 Å². The SMILES string of the molecule is COc1c(C(O)CCC2CC2)ccc2c1C(=O)OCC1=C(O2)C(OCCC(C)C)=CC(C)C1. The molecule has 0 saturated heterocycles. The van der Waals surface area contributed by atoms with Crippen LogP contribution in [0, 0.1) is 17.8 Å². The van der Waals surface area contributed by atoms with Crippen LogP contribution < -0.4 is 9.47 Å². The summed E-state index contributed by atoms with van der Waals surface area (Å²) >= 11 is 0. The van der Waals surface area contributed by atoms with Crippen molar-refractivity contribution in [1.29, 1.82) is 0 Å². The molecule has 1 fully saturated rings. The van der Waals surface area contributed by atoms with E-state index in [-0.39, 0.29) is 18.1 Å². The molecule has 1 aromatic carbocycles. The highest BCUT2D eigenvalue weighted by molar-refractivity contribution is 5.96. The van der Waals surface area contributed by atoms with Gasteiger partial charge in [-0.1, -0.05) is 33.6 Å². The topological polar surface area (TPSA) is 74.2 Å². The van der Waals surface area contributed by atoms with Crippen LogP contribution in [0.25, 0.3) is 0 Å². The normalized spacial score (nSPS) is 21.2. The van der Waals surface area contributed by atoms with Gasteiger partial charge in [0.25, 0.3) is 0 Å². The number of hydrogen-bond donors (Lipinski definition) is 1. The lowest BCUT2D eigenvalue weighted by molar-refractivity contribution is 0.0510. The summed E-state index contributed by atoms with van der Waals surface area (Å²) in [5, 5.41) is 10.8. The van der Waals surface area contributed by atoms with Crippen LogP contribution in [0.1, 0.15) is 81.3 Å². The predicted octanol–water partition coefficient (Wildman–Crippen LogP) is 5.71. The number of rotatable bonds is 9. The van der Waals surface area contributed by atoms with Crippen molar-refractivity contribution in [3.8, 4) is 11.5 Å². The first kappa shape index (κ1) is 23.7. The van der Waals surface area contributed by atoms with Gasteiger partial charge in [0.1, 0.15) is 23.7 Å². The molecule has 1 N–H and O–H groups in total. The van der Waals surface area contributed by atoms with Gasteiger partial charge in [-0.3, -0.25) is 0 Å². The number of carbonyl (C=O) groups is 1. The zero-order chi connectivity index (χ0) is 23.5. The van der Waals surface area contributed by atoms with Crippen LogP contribution >= 0.6 is 0 Å². The summed E-state index contributed by atoms with van der Waals surface area (Å²) in [6.07, 6.45) is 7.14. The van der Waals surface area contributed by atoms with E-state index in [2.05, 4.69) is 26.8 Å². The van der Waals surface area contributed by atoms with Gasteiger partial charge in [0.05, 0.1) is 19.8 Å². The van der Waals surface area contributed by atoms with Crippen molar-refractivity contribution in [2.45, 2.75) is 65.4 Å². The molecule has 1 aliphatic heterocycles. The number of aliphatic hydroxyl groups excluding tert-OH is 1. The van der Waals surface area contributed by atoms with E-state index in [1.54, 1.807) is 12.1 Å². The summed E-state index contributed by atoms with van der Waals surface area (Å²) in [5.41, 5.74) is 1.72. The summed E-state index contributed by atoms with van der Waals surface area (Å²) in [6.45, 7) is 7.18. The van der Waals surface area contributed by atoms with Gasteiger partial charge in [-0.2, -0.15) is 0 Å². The third kappa shape index (κ3) is 5.55. The second-order valence-corrected chi connectivity index (χ2v) is 9.95. The van der Waals surface area contributed by atoms with E-state index in [9.17, 15) is 9.90 Å². The molecule has 0 radical (unpaired) electrons. The zero-order valence-corrected chi connectivity index (χ0v) is 20.2. The largest absolute Gasteiger partial charge is 0.495 e. The third-order valence-corrected chi connectivity index (χ3v) is 6.55. The number of fused-ring (bicyclic) bond motifs is 1. The first-order valence-electron chi connectivity index (χ1n) is 12.2. The summed E-state index contributed by atoms with van der Waals surface area (Å²) in [7, 11) is 1.51. The molecular weight excluding hydrogens is 420 g/mol. The summed E-state index contributed by atoms with van der Waals surface area (Å²) in [6, 6.07) is 3.52.